The van der Waals surface area contributed by atoms with Crippen molar-refractivity contribution < 1.29 is 14.4 Å². The quantitative estimate of drug-likeness (QED) is 0.0872. The van der Waals surface area contributed by atoms with Gasteiger partial charge in [0.05, 0.1) is 18.7 Å². The molecule has 3 aromatic rings. The fourth-order valence-corrected chi connectivity index (χ4v) is 6.36. The van der Waals surface area contributed by atoms with E-state index in [-0.39, 0.29) is 5.91 Å². The lowest BCUT2D eigenvalue weighted by Gasteiger charge is -2.13. The lowest BCUT2D eigenvalue weighted by Crippen LogP contribution is -2.28. The molecular weight excluding hydrogens is 570 g/mol. The predicted octanol–water partition coefficient (Wildman–Crippen LogP) is 7.90. The number of ether oxygens (including phenoxy) is 1. The van der Waals surface area contributed by atoms with E-state index < -0.39 is 0 Å². The zero-order valence-electron chi connectivity index (χ0n) is 27.4. The first-order valence-corrected chi connectivity index (χ1v) is 18.4. The van der Waals surface area contributed by atoms with Gasteiger partial charge in [-0.15, -0.1) is 0 Å². The summed E-state index contributed by atoms with van der Waals surface area (Å²) in [6.07, 6.45) is 19.6. The van der Waals surface area contributed by atoms with Crippen molar-refractivity contribution in [2.75, 3.05) is 43.6 Å². The minimum absolute atomic E-state index is 0.101. The molecule has 0 aliphatic rings. The number of benzene rings is 1. The number of pyridine rings is 1. The predicted molar refractivity (Wildman–Crippen MR) is 186 cm³/mol. The van der Waals surface area contributed by atoms with Gasteiger partial charge in [-0.25, -0.2) is 9.97 Å². The highest BCUT2D eigenvalue weighted by molar-refractivity contribution is 7.99. The van der Waals surface area contributed by atoms with E-state index in [1.54, 1.807) is 0 Å². The van der Waals surface area contributed by atoms with Crippen LogP contribution in [0.1, 0.15) is 116 Å². The SMILES string of the molecule is CCCCCCCCCCCCCSCCCC(=O)NCCOCCOn1c(CCCC)nc2c(N)nc3ccccc3c21. The topological polar surface area (TPSA) is 104 Å². The zero-order chi connectivity index (χ0) is 31.2. The number of amides is 1. The van der Waals surface area contributed by atoms with E-state index in [4.69, 9.17) is 20.3 Å². The molecule has 0 unspecified atom stereocenters. The third-order valence-electron chi connectivity index (χ3n) is 7.90. The molecule has 0 saturated heterocycles. The van der Waals surface area contributed by atoms with Crippen LogP contribution in [0, 0.1) is 0 Å². The Hall–Kier alpha value is -2.52. The number of para-hydroxylation sites is 1. The summed E-state index contributed by atoms with van der Waals surface area (Å²) in [7, 11) is 0. The van der Waals surface area contributed by atoms with Gasteiger partial charge in [0, 0.05) is 24.8 Å². The Balaban J connectivity index is 1.21. The van der Waals surface area contributed by atoms with Gasteiger partial charge in [-0.2, -0.15) is 16.5 Å². The van der Waals surface area contributed by atoms with Crippen molar-refractivity contribution in [1.29, 1.82) is 0 Å². The highest BCUT2D eigenvalue weighted by Gasteiger charge is 2.18. The lowest BCUT2D eigenvalue weighted by atomic mass is 10.1. The van der Waals surface area contributed by atoms with Crippen molar-refractivity contribution in [3.63, 3.8) is 0 Å². The Morgan fingerprint density at radius 1 is 0.841 bits per heavy atom. The smallest absolute Gasteiger partial charge is 0.220 e. The highest BCUT2D eigenvalue weighted by atomic mass is 32.2. The fourth-order valence-electron chi connectivity index (χ4n) is 5.40. The van der Waals surface area contributed by atoms with Crippen LogP contribution in [0.2, 0.25) is 0 Å². The number of rotatable bonds is 26. The van der Waals surface area contributed by atoms with Crippen molar-refractivity contribution in [2.45, 2.75) is 117 Å². The fraction of sp³-hybridized carbons (Fsp3) is 0.686. The van der Waals surface area contributed by atoms with Crippen LogP contribution in [0.4, 0.5) is 5.82 Å². The number of thioether (sulfide) groups is 1. The number of aromatic nitrogens is 3. The molecule has 44 heavy (non-hydrogen) atoms. The van der Waals surface area contributed by atoms with Crippen molar-refractivity contribution in [1.82, 2.24) is 20.0 Å². The number of carbonyl (C=O) groups excluding carboxylic acids is 1. The number of hydrogen-bond acceptors (Lipinski definition) is 7. The average molecular weight is 628 g/mol. The first-order chi connectivity index (χ1) is 21.7. The van der Waals surface area contributed by atoms with Gasteiger partial charge < -0.3 is 20.6 Å². The Labute approximate surface area is 269 Å². The Morgan fingerprint density at radius 2 is 1.52 bits per heavy atom. The van der Waals surface area contributed by atoms with Crippen LogP contribution >= 0.6 is 11.8 Å². The van der Waals surface area contributed by atoms with E-state index in [9.17, 15) is 4.79 Å². The second-order valence-electron chi connectivity index (χ2n) is 11.7. The van der Waals surface area contributed by atoms with Crippen molar-refractivity contribution in [3.05, 3.63) is 30.1 Å². The summed E-state index contributed by atoms with van der Waals surface area (Å²) in [4.78, 5) is 27.7. The number of aryl methyl sites for hydroxylation is 1. The molecule has 3 N–H and O–H groups in total. The maximum Gasteiger partial charge on any atom is 0.220 e. The molecule has 0 radical (unpaired) electrons. The Morgan fingerprint density at radius 3 is 2.27 bits per heavy atom. The largest absolute Gasteiger partial charge is 0.410 e. The van der Waals surface area contributed by atoms with Gasteiger partial charge in [0.15, 0.2) is 5.82 Å². The van der Waals surface area contributed by atoms with Crippen molar-refractivity contribution in [3.8, 4) is 0 Å². The molecule has 2 aromatic heterocycles. The minimum Gasteiger partial charge on any atom is -0.410 e. The molecule has 9 heteroatoms. The van der Waals surface area contributed by atoms with Crippen LogP contribution in [-0.4, -0.2) is 58.5 Å². The molecular formula is C35H57N5O3S. The summed E-state index contributed by atoms with van der Waals surface area (Å²) in [5.74, 6) is 3.62. The monoisotopic (exact) mass is 627 g/mol. The molecule has 3 rings (SSSR count). The average Bonchev–Trinajstić information content (AvgIpc) is 3.40. The summed E-state index contributed by atoms with van der Waals surface area (Å²) >= 11 is 1.98. The van der Waals surface area contributed by atoms with E-state index >= 15 is 0 Å². The molecule has 0 fully saturated rings. The summed E-state index contributed by atoms with van der Waals surface area (Å²) in [5.41, 5.74) is 8.60. The first-order valence-electron chi connectivity index (χ1n) is 17.3. The standard InChI is InChI=1S/C35H57N5O3S/c1-3-5-7-8-9-10-11-12-13-14-17-27-44-28-18-22-32(41)37-23-24-42-25-26-43-40-31(21-6-4-2)39-33-34(40)29-19-15-16-20-30(29)38-35(33)36/h15-16,19-20H,3-14,17-18,21-28H2,1-2H3,(H2,36,38)(H,37,41). The molecule has 0 aliphatic carbocycles. The molecule has 0 aliphatic heterocycles. The zero-order valence-corrected chi connectivity index (χ0v) is 28.2. The molecule has 1 aromatic carbocycles. The summed E-state index contributed by atoms with van der Waals surface area (Å²) in [5, 5.41) is 3.93. The van der Waals surface area contributed by atoms with Crippen LogP contribution in [0.5, 0.6) is 0 Å². The minimum atomic E-state index is 0.101. The third-order valence-corrected chi connectivity index (χ3v) is 9.06. The van der Waals surface area contributed by atoms with Gasteiger partial charge in [-0.1, -0.05) is 103 Å². The van der Waals surface area contributed by atoms with E-state index in [1.807, 2.05) is 40.8 Å². The number of unbranched alkanes of at least 4 members (excludes halogenated alkanes) is 11. The van der Waals surface area contributed by atoms with Crippen LogP contribution in [-0.2, 0) is 16.0 Å². The lowest BCUT2D eigenvalue weighted by molar-refractivity contribution is -0.121. The molecule has 1 amide bonds. The van der Waals surface area contributed by atoms with Gasteiger partial charge >= 0.3 is 0 Å². The molecule has 2 heterocycles. The highest BCUT2D eigenvalue weighted by Crippen LogP contribution is 2.28. The number of hydrogen-bond donors (Lipinski definition) is 2. The van der Waals surface area contributed by atoms with E-state index in [1.165, 1.54) is 76.4 Å². The second-order valence-corrected chi connectivity index (χ2v) is 12.9. The Bertz CT molecular complexity index is 1220. The summed E-state index contributed by atoms with van der Waals surface area (Å²) in [6, 6.07) is 7.90. The molecule has 8 nitrogen and oxygen atoms in total. The second kappa shape index (κ2) is 22.1. The molecule has 246 valence electrons. The van der Waals surface area contributed by atoms with Gasteiger partial charge in [-0.3, -0.25) is 4.79 Å². The van der Waals surface area contributed by atoms with Crippen molar-refractivity contribution >= 4 is 45.4 Å². The molecule has 0 atom stereocenters. The number of nitrogens with two attached hydrogens (primary N) is 1. The number of nitrogen functional groups attached to an aromatic ring is 1. The maximum atomic E-state index is 12.2. The summed E-state index contributed by atoms with van der Waals surface area (Å²) < 4.78 is 7.55. The van der Waals surface area contributed by atoms with Gasteiger partial charge in [-0.05, 0) is 36.8 Å². The third kappa shape index (κ3) is 12.8. The van der Waals surface area contributed by atoms with E-state index in [2.05, 4.69) is 24.1 Å². The first kappa shape index (κ1) is 36.0. The van der Waals surface area contributed by atoms with Gasteiger partial charge in [0.25, 0.3) is 0 Å². The molecule has 0 saturated carbocycles. The number of nitrogens with zero attached hydrogens (tertiary/aromatic N) is 3. The number of imidazole rings is 1. The van der Waals surface area contributed by atoms with Crippen LogP contribution in [0.3, 0.4) is 0 Å². The number of fused-ring (bicyclic) bond motifs is 3. The normalized spacial score (nSPS) is 11.5. The van der Waals surface area contributed by atoms with E-state index in [0.717, 1.165) is 53.7 Å². The van der Waals surface area contributed by atoms with Crippen LogP contribution in [0.25, 0.3) is 21.9 Å². The van der Waals surface area contributed by atoms with Crippen LogP contribution < -0.4 is 15.9 Å². The number of anilines is 1. The van der Waals surface area contributed by atoms with Crippen molar-refractivity contribution in [2.24, 2.45) is 0 Å². The van der Waals surface area contributed by atoms with E-state index in [0.29, 0.717) is 44.1 Å². The van der Waals surface area contributed by atoms with Crippen LogP contribution in [0.15, 0.2) is 24.3 Å². The van der Waals surface area contributed by atoms with Gasteiger partial charge in [0.2, 0.25) is 5.91 Å². The molecule has 0 bridgehead atoms. The summed E-state index contributed by atoms with van der Waals surface area (Å²) in [6.45, 7) is 6.18. The molecule has 0 spiro atoms. The number of carbonyl (C=O) groups is 1. The Kier molecular flexibility index (Phi) is 18.0. The maximum absolute atomic E-state index is 12.2. The number of nitrogens with one attached hydrogen (secondary N) is 1. The van der Waals surface area contributed by atoms with Gasteiger partial charge in [0.1, 0.15) is 23.5 Å².